The van der Waals surface area contributed by atoms with Crippen molar-refractivity contribution >= 4 is 17.7 Å². The molecule has 0 rings (SSSR count). The van der Waals surface area contributed by atoms with E-state index >= 15 is 0 Å². The van der Waals surface area contributed by atoms with Crippen molar-refractivity contribution in [3.05, 3.63) is 0 Å². The smallest absolute Gasteiger partial charge is 0.230 e. The van der Waals surface area contributed by atoms with Crippen molar-refractivity contribution in [2.24, 2.45) is 0 Å². The molecule has 12 heavy (non-hydrogen) atoms. The Hall–Kier alpha value is -0.220. The molecule has 0 spiro atoms. The average molecular weight is 191 g/mol. The van der Waals surface area contributed by atoms with Crippen molar-refractivity contribution in [3.8, 4) is 0 Å². The van der Waals surface area contributed by atoms with Crippen LogP contribution in [0, 0.1) is 0 Å². The molecule has 2 N–H and O–H groups in total. The molecule has 0 radical (unpaired) electrons. The van der Waals surface area contributed by atoms with Crippen LogP contribution in [0.15, 0.2) is 0 Å². The van der Waals surface area contributed by atoms with E-state index in [0.717, 1.165) is 0 Å². The zero-order valence-electron chi connectivity index (χ0n) is 7.89. The first-order chi connectivity index (χ1) is 5.45. The summed E-state index contributed by atoms with van der Waals surface area (Å²) in [5, 5.41) is 11.3. The van der Waals surface area contributed by atoms with E-state index in [2.05, 4.69) is 5.32 Å². The predicted molar refractivity (Wildman–Crippen MR) is 52.3 cm³/mol. The molecule has 0 saturated heterocycles. The molecule has 0 heterocycles. The van der Waals surface area contributed by atoms with Gasteiger partial charge in [0.25, 0.3) is 0 Å². The molecule has 0 atom stereocenters. The van der Waals surface area contributed by atoms with Crippen molar-refractivity contribution in [1.82, 2.24) is 5.32 Å². The first-order valence-corrected chi connectivity index (χ1v) is 5.11. The lowest BCUT2D eigenvalue weighted by Gasteiger charge is -2.20. The molecular formula is C8H17NO2S. The zero-order valence-corrected chi connectivity index (χ0v) is 8.70. The molecule has 0 aromatic rings. The molecule has 0 aliphatic carbocycles. The number of amides is 1. The second-order valence-electron chi connectivity index (χ2n) is 3.57. The average Bonchev–Trinajstić information content (AvgIpc) is 1.84. The van der Waals surface area contributed by atoms with E-state index in [0.29, 0.717) is 11.5 Å². The van der Waals surface area contributed by atoms with Crippen LogP contribution in [0.5, 0.6) is 0 Å². The van der Waals surface area contributed by atoms with Gasteiger partial charge in [0.15, 0.2) is 0 Å². The van der Waals surface area contributed by atoms with Crippen LogP contribution >= 0.6 is 11.8 Å². The van der Waals surface area contributed by atoms with E-state index in [-0.39, 0.29) is 18.1 Å². The summed E-state index contributed by atoms with van der Waals surface area (Å²) >= 11 is 1.44. The molecule has 72 valence electrons. The number of thioether (sulfide) groups is 1. The number of hydrogen-bond acceptors (Lipinski definition) is 3. The SMILES string of the molecule is CC(C)(C)NC(=O)CSCCO. The monoisotopic (exact) mass is 191 g/mol. The lowest BCUT2D eigenvalue weighted by molar-refractivity contribution is -0.119. The standard InChI is InChI=1S/C8H17NO2S/c1-8(2,3)9-7(11)6-12-5-4-10/h10H,4-6H2,1-3H3,(H,9,11). The molecule has 0 bridgehead atoms. The van der Waals surface area contributed by atoms with Crippen LogP contribution in [0.4, 0.5) is 0 Å². The number of aliphatic hydroxyl groups is 1. The minimum atomic E-state index is -0.156. The summed E-state index contributed by atoms with van der Waals surface area (Å²) in [5.74, 6) is 1.08. The normalized spacial score (nSPS) is 11.3. The van der Waals surface area contributed by atoms with E-state index in [9.17, 15) is 4.79 Å². The van der Waals surface area contributed by atoms with Crippen LogP contribution in [-0.4, -0.2) is 34.7 Å². The second kappa shape index (κ2) is 5.43. The Morgan fingerprint density at radius 3 is 2.50 bits per heavy atom. The molecule has 0 saturated carbocycles. The highest BCUT2D eigenvalue weighted by Gasteiger charge is 2.12. The quantitative estimate of drug-likeness (QED) is 0.641. The van der Waals surface area contributed by atoms with Crippen LogP contribution < -0.4 is 5.32 Å². The van der Waals surface area contributed by atoms with E-state index < -0.39 is 0 Å². The lowest BCUT2D eigenvalue weighted by atomic mass is 10.1. The molecule has 1 amide bonds. The third kappa shape index (κ3) is 7.88. The first-order valence-electron chi connectivity index (χ1n) is 3.95. The van der Waals surface area contributed by atoms with Crippen LogP contribution in [-0.2, 0) is 4.79 Å². The minimum Gasteiger partial charge on any atom is -0.396 e. The van der Waals surface area contributed by atoms with Crippen molar-refractivity contribution in [2.75, 3.05) is 18.1 Å². The van der Waals surface area contributed by atoms with Gasteiger partial charge in [0, 0.05) is 11.3 Å². The first kappa shape index (κ1) is 11.8. The number of carbonyl (C=O) groups is 1. The van der Waals surface area contributed by atoms with Gasteiger partial charge in [-0.1, -0.05) is 0 Å². The largest absolute Gasteiger partial charge is 0.396 e. The van der Waals surface area contributed by atoms with Crippen LogP contribution in [0.1, 0.15) is 20.8 Å². The Kier molecular flexibility index (Phi) is 5.33. The molecule has 4 heteroatoms. The van der Waals surface area contributed by atoms with Crippen molar-refractivity contribution in [1.29, 1.82) is 0 Å². The number of hydrogen-bond donors (Lipinski definition) is 2. The summed E-state index contributed by atoms with van der Waals surface area (Å²) in [5.41, 5.74) is -0.156. The summed E-state index contributed by atoms with van der Waals surface area (Å²) in [6, 6.07) is 0. The molecular weight excluding hydrogens is 174 g/mol. The number of rotatable bonds is 4. The van der Waals surface area contributed by atoms with Crippen molar-refractivity contribution in [2.45, 2.75) is 26.3 Å². The van der Waals surface area contributed by atoms with Gasteiger partial charge in [0.2, 0.25) is 5.91 Å². The van der Waals surface area contributed by atoms with E-state index in [1.165, 1.54) is 11.8 Å². The molecule has 3 nitrogen and oxygen atoms in total. The predicted octanol–water partition coefficient (Wildman–Crippen LogP) is 0.627. The Morgan fingerprint density at radius 2 is 2.08 bits per heavy atom. The lowest BCUT2D eigenvalue weighted by Crippen LogP contribution is -2.41. The Labute approximate surface area is 77.9 Å². The summed E-state index contributed by atoms with van der Waals surface area (Å²) in [4.78, 5) is 11.1. The van der Waals surface area contributed by atoms with Gasteiger partial charge in [-0.3, -0.25) is 4.79 Å². The van der Waals surface area contributed by atoms with Crippen molar-refractivity contribution < 1.29 is 9.90 Å². The topological polar surface area (TPSA) is 49.3 Å². The van der Waals surface area contributed by atoms with Gasteiger partial charge in [-0.15, -0.1) is 11.8 Å². The van der Waals surface area contributed by atoms with Gasteiger partial charge in [-0.2, -0.15) is 0 Å². The second-order valence-corrected chi connectivity index (χ2v) is 4.68. The summed E-state index contributed by atoms with van der Waals surface area (Å²) in [7, 11) is 0. The molecule has 0 fully saturated rings. The van der Waals surface area contributed by atoms with Crippen LogP contribution in [0.25, 0.3) is 0 Å². The van der Waals surface area contributed by atoms with Gasteiger partial charge in [0.05, 0.1) is 12.4 Å². The Bertz CT molecular complexity index is 142. The van der Waals surface area contributed by atoms with Gasteiger partial charge >= 0.3 is 0 Å². The minimum absolute atomic E-state index is 0.0287. The highest BCUT2D eigenvalue weighted by atomic mass is 32.2. The summed E-state index contributed by atoms with van der Waals surface area (Å²) in [6.07, 6.45) is 0. The van der Waals surface area contributed by atoms with Crippen LogP contribution in [0.3, 0.4) is 0 Å². The number of nitrogens with one attached hydrogen (secondary N) is 1. The number of carbonyl (C=O) groups excluding carboxylic acids is 1. The number of aliphatic hydroxyl groups excluding tert-OH is 1. The molecule has 0 aliphatic heterocycles. The molecule has 0 aromatic heterocycles. The maximum absolute atomic E-state index is 11.1. The van der Waals surface area contributed by atoms with E-state index in [1.807, 2.05) is 20.8 Å². The third-order valence-electron chi connectivity index (χ3n) is 0.983. The van der Waals surface area contributed by atoms with Gasteiger partial charge in [-0.25, -0.2) is 0 Å². The van der Waals surface area contributed by atoms with Gasteiger partial charge < -0.3 is 10.4 Å². The molecule has 0 unspecified atom stereocenters. The van der Waals surface area contributed by atoms with Gasteiger partial charge in [-0.05, 0) is 20.8 Å². The molecule has 0 aromatic carbocycles. The fourth-order valence-corrected chi connectivity index (χ4v) is 1.21. The van der Waals surface area contributed by atoms with E-state index in [4.69, 9.17) is 5.11 Å². The van der Waals surface area contributed by atoms with E-state index in [1.54, 1.807) is 0 Å². The zero-order chi connectivity index (χ0) is 9.61. The molecule has 0 aliphatic rings. The maximum atomic E-state index is 11.1. The van der Waals surface area contributed by atoms with Crippen LogP contribution in [0.2, 0.25) is 0 Å². The Balaban J connectivity index is 3.47. The maximum Gasteiger partial charge on any atom is 0.230 e. The fraction of sp³-hybridized carbons (Fsp3) is 0.875. The highest BCUT2D eigenvalue weighted by Crippen LogP contribution is 2.02. The Morgan fingerprint density at radius 1 is 1.50 bits per heavy atom. The third-order valence-corrected chi connectivity index (χ3v) is 1.92. The highest BCUT2D eigenvalue weighted by molar-refractivity contribution is 7.99. The fourth-order valence-electron chi connectivity index (χ4n) is 0.684. The summed E-state index contributed by atoms with van der Waals surface area (Å²) < 4.78 is 0. The summed E-state index contributed by atoms with van der Waals surface area (Å²) in [6.45, 7) is 5.97. The van der Waals surface area contributed by atoms with Crippen molar-refractivity contribution in [3.63, 3.8) is 0 Å². The van der Waals surface area contributed by atoms with Gasteiger partial charge in [0.1, 0.15) is 0 Å².